The van der Waals surface area contributed by atoms with Gasteiger partial charge in [-0.2, -0.15) is 4.98 Å². The first-order chi connectivity index (χ1) is 15.4. The first-order valence-corrected chi connectivity index (χ1v) is 11.6. The number of ether oxygens (including phenoxy) is 1. The number of anilines is 1. The van der Waals surface area contributed by atoms with E-state index in [9.17, 15) is 8.42 Å². The lowest BCUT2D eigenvalue weighted by molar-refractivity contribution is 0.414. The normalized spacial score (nSPS) is 11.3. The Bertz CT molecular complexity index is 1330. The van der Waals surface area contributed by atoms with Crippen molar-refractivity contribution in [1.29, 1.82) is 0 Å². The molecular weight excluding hydrogens is 424 g/mol. The average Bonchev–Trinajstić information content (AvgIpc) is 3.24. The van der Waals surface area contributed by atoms with Gasteiger partial charge in [0.15, 0.2) is 0 Å². The van der Waals surface area contributed by atoms with Crippen LogP contribution in [0.25, 0.3) is 11.5 Å². The number of hydrogen-bond acceptors (Lipinski definition) is 6. The Morgan fingerprint density at radius 2 is 1.66 bits per heavy atom. The molecule has 0 aliphatic carbocycles. The van der Waals surface area contributed by atoms with Gasteiger partial charge in [0.1, 0.15) is 5.75 Å². The summed E-state index contributed by atoms with van der Waals surface area (Å²) in [6.45, 7) is 4.23. The number of nitrogens with zero attached hydrogens (tertiary/aromatic N) is 1. The fraction of sp³-hybridized carbons (Fsp3) is 0.160. The number of rotatable bonds is 7. The highest BCUT2D eigenvalue weighted by Crippen LogP contribution is 2.33. The van der Waals surface area contributed by atoms with E-state index in [0.717, 1.165) is 22.4 Å². The zero-order valence-corrected chi connectivity index (χ0v) is 18.9. The summed E-state index contributed by atoms with van der Waals surface area (Å²) in [7, 11) is -2.28. The van der Waals surface area contributed by atoms with E-state index in [-0.39, 0.29) is 21.7 Å². The first-order valence-electron chi connectivity index (χ1n) is 10.1. The predicted molar refractivity (Wildman–Crippen MR) is 124 cm³/mol. The van der Waals surface area contributed by atoms with Gasteiger partial charge in [0.25, 0.3) is 0 Å². The van der Waals surface area contributed by atoms with Crippen LogP contribution >= 0.6 is 0 Å². The van der Waals surface area contributed by atoms with E-state index in [1.54, 1.807) is 31.4 Å². The maximum Gasteiger partial charge on any atom is 0.234 e. The highest BCUT2D eigenvalue weighted by atomic mass is 32.2. The molecule has 4 aromatic rings. The van der Waals surface area contributed by atoms with Gasteiger partial charge in [-0.15, -0.1) is 0 Å². The average molecular weight is 449 g/mol. The molecule has 0 aliphatic rings. The number of nitrogens with one attached hydrogen (secondary N) is 1. The summed E-state index contributed by atoms with van der Waals surface area (Å²) < 4.78 is 37.9. The molecule has 0 radical (unpaired) electrons. The molecule has 0 spiro atoms. The van der Waals surface area contributed by atoms with Crippen molar-refractivity contribution in [2.45, 2.75) is 30.3 Å². The Labute approximate surface area is 187 Å². The second-order valence-corrected chi connectivity index (χ2v) is 9.41. The first kappa shape index (κ1) is 21.6. The summed E-state index contributed by atoms with van der Waals surface area (Å²) in [5, 5.41) is 2.98. The van der Waals surface area contributed by atoms with Gasteiger partial charge >= 0.3 is 0 Å². The topological polar surface area (TPSA) is 81.4 Å². The molecule has 4 rings (SSSR count). The Balaban J connectivity index is 1.73. The molecule has 0 atom stereocenters. The summed E-state index contributed by atoms with van der Waals surface area (Å²) in [5.74, 6) is 1.10. The fourth-order valence-electron chi connectivity index (χ4n) is 3.26. The molecule has 0 aliphatic heterocycles. The third-order valence-corrected chi connectivity index (χ3v) is 6.74. The van der Waals surface area contributed by atoms with Gasteiger partial charge in [0, 0.05) is 12.1 Å². The molecule has 0 amide bonds. The van der Waals surface area contributed by atoms with E-state index in [1.807, 2.05) is 62.4 Å². The predicted octanol–water partition coefficient (Wildman–Crippen LogP) is 5.41. The molecule has 0 saturated heterocycles. The largest absolute Gasteiger partial charge is 0.497 e. The van der Waals surface area contributed by atoms with E-state index in [1.165, 1.54) is 0 Å². The standard InChI is InChI=1S/C25H24N2O4S/c1-17-7-13-22(14-8-17)32(28,29)25-24(26-16-19-9-11-21(30-3)12-10-19)31-23(27-25)20-6-4-5-18(2)15-20/h4-15,26H,16H2,1-3H3. The van der Waals surface area contributed by atoms with Crippen LogP contribution in [0, 0.1) is 13.8 Å². The van der Waals surface area contributed by atoms with Crippen molar-refractivity contribution in [3.05, 3.63) is 89.5 Å². The van der Waals surface area contributed by atoms with Crippen molar-refractivity contribution in [2.24, 2.45) is 0 Å². The number of benzene rings is 3. The van der Waals surface area contributed by atoms with Crippen LogP contribution in [0.4, 0.5) is 5.88 Å². The zero-order chi connectivity index (χ0) is 22.7. The molecule has 32 heavy (non-hydrogen) atoms. The lowest BCUT2D eigenvalue weighted by atomic mass is 10.1. The fourth-order valence-corrected chi connectivity index (χ4v) is 4.53. The van der Waals surface area contributed by atoms with Gasteiger partial charge in [0.05, 0.1) is 12.0 Å². The number of aromatic nitrogens is 1. The molecule has 0 unspecified atom stereocenters. The molecule has 1 heterocycles. The Morgan fingerprint density at radius 3 is 2.31 bits per heavy atom. The van der Waals surface area contributed by atoms with Crippen molar-refractivity contribution in [2.75, 3.05) is 12.4 Å². The SMILES string of the molecule is COc1ccc(CNc2oc(-c3cccc(C)c3)nc2S(=O)(=O)c2ccc(C)cc2)cc1. The van der Waals surface area contributed by atoms with Crippen molar-refractivity contribution in [3.63, 3.8) is 0 Å². The number of oxazole rings is 1. The third-order valence-electron chi connectivity index (χ3n) is 5.06. The second-order valence-electron chi connectivity index (χ2n) is 7.54. The van der Waals surface area contributed by atoms with Crippen LogP contribution in [0.5, 0.6) is 5.75 Å². The summed E-state index contributed by atoms with van der Waals surface area (Å²) >= 11 is 0. The maximum atomic E-state index is 13.4. The lowest BCUT2D eigenvalue weighted by Gasteiger charge is -2.07. The number of aryl methyl sites for hydroxylation is 2. The molecule has 164 valence electrons. The van der Waals surface area contributed by atoms with Crippen LogP contribution in [0.2, 0.25) is 0 Å². The molecule has 3 aromatic carbocycles. The van der Waals surface area contributed by atoms with Gasteiger partial charge in [-0.05, 0) is 55.8 Å². The van der Waals surface area contributed by atoms with E-state index in [4.69, 9.17) is 9.15 Å². The third kappa shape index (κ3) is 4.53. The molecule has 6 nitrogen and oxygen atoms in total. The van der Waals surface area contributed by atoms with Gasteiger partial charge < -0.3 is 14.5 Å². The van der Waals surface area contributed by atoms with Crippen molar-refractivity contribution in [1.82, 2.24) is 4.98 Å². The smallest absolute Gasteiger partial charge is 0.234 e. The van der Waals surface area contributed by atoms with Crippen LogP contribution in [-0.2, 0) is 16.4 Å². The quantitative estimate of drug-likeness (QED) is 0.407. The number of sulfone groups is 1. The second kappa shape index (κ2) is 8.88. The molecule has 1 N–H and O–H groups in total. The number of hydrogen-bond donors (Lipinski definition) is 1. The van der Waals surface area contributed by atoms with Gasteiger partial charge in [-0.25, -0.2) is 8.42 Å². The van der Waals surface area contributed by atoms with Gasteiger partial charge in [0.2, 0.25) is 26.6 Å². The highest BCUT2D eigenvalue weighted by molar-refractivity contribution is 7.91. The minimum atomic E-state index is -3.89. The molecule has 0 fully saturated rings. The molecule has 7 heteroatoms. The summed E-state index contributed by atoms with van der Waals surface area (Å²) in [6, 6.07) is 21.8. The van der Waals surface area contributed by atoms with Crippen molar-refractivity contribution < 1.29 is 17.6 Å². The lowest BCUT2D eigenvalue weighted by Crippen LogP contribution is -2.07. The summed E-state index contributed by atoms with van der Waals surface area (Å²) in [4.78, 5) is 4.56. The highest BCUT2D eigenvalue weighted by Gasteiger charge is 2.28. The Hall–Kier alpha value is -3.58. The van der Waals surface area contributed by atoms with E-state index in [2.05, 4.69) is 10.3 Å². The van der Waals surface area contributed by atoms with Crippen molar-refractivity contribution in [3.8, 4) is 17.2 Å². The zero-order valence-electron chi connectivity index (χ0n) is 18.1. The molecular formula is C25H24N2O4S. The van der Waals surface area contributed by atoms with E-state index < -0.39 is 9.84 Å². The summed E-state index contributed by atoms with van der Waals surface area (Å²) in [5.41, 5.74) is 3.65. The minimum Gasteiger partial charge on any atom is -0.497 e. The molecule has 0 saturated carbocycles. The minimum absolute atomic E-state index is 0.109. The van der Waals surface area contributed by atoms with Gasteiger partial charge in [-0.3, -0.25) is 0 Å². The van der Waals surface area contributed by atoms with E-state index >= 15 is 0 Å². The Kier molecular flexibility index (Phi) is 6.01. The molecule has 0 bridgehead atoms. The van der Waals surface area contributed by atoms with Crippen LogP contribution in [-0.4, -0.2) is 20.5 Å². The van der Waals surface area contributed by atoms with Crippen LogP contribution in [0.1, 0.15) is 16.7 Å². The molecule has 1 aromatic heterocycles. The number of methoxy groups -OCH3 is 1. The van der Waals surface area contributed by atoms with Crippen molar-refractivity contribution >= 4 is 15.7 Å². The van der Waals surface area contributed by atoms with Crippen LogP contribution in [0.15, 0.2) is 87.1 Å². The Morgan fingerprint density at radius 1 is 0.938 bits per heavy atom. The van der Waals surface area contributed by atoms with Gasteiger partial charge in [-0.1, -0.05) is 47.5 Å². The van der Waals surface area contributed by atoms with E-state index in [0.29, 0.717) is 12.1 Å². The van der Waals surface area contributed by atoms with Crippen LogP contribution < -0.4 is 10.1 Å². The monoisotopic (exact) mass is 448 g/mol. The summed E-state index contributed by atoms with van der Waals surface area (Å²) in [6.07, 6.45) is 0. The maximum absolute atomic E-state index is 13.4. The van der Waals surface area contributed by atoms with Crippen LogP contribution in [0.3, 0.4) is 0 Å².